The van der Waals surface area contributed by atoms with Gasteiger partial charge in [0, 0.05) is 24.4 Å². The molecule has 1 aliphatic heterocycles. The Morgan fingerprint density at radius 3 is 2.53 bits per heavy atom. The van der Waals surface area contributed by atoms with Crippen LogP contribution in [0.5, 0.6) is 0 Å². The molecule has 156 valence electrons. The molecule has 1 fully saturated rings. The van der Waals surface area contributed by atoms with Crippen molar-refractivity contribution >= 4 is 33.0 Å². The van der Waals surface area contributed by atoms with Crippen molar-refractivity contribution in [3.8, 4) is 11.5 Å². The molecule has 2 N–H and O–H groups in total. The van der Waals surface area contributed by atoms with Crippen molar-refractivity contribution in [3.63, 3.8) is 0 Å². The minimum atomic E-state index is -3.13. The number of anilines is 2. The monoisotopic (exact) mass is 428 g/mol. The van der Waals surface area contributed by atoms with E-state index >= 15 is 0 Å². The standard InChI is InChI=1S/C20H20N4O5S/c1-13(25)21-14-4-2-5-15(10-14)22-20(26)17-11-18(19-6-3-8-29-19)24(23-17)16-7-9-30(27,28)12-16/h2-6,8,10-11,16H,7,9,12H2,1H3,(H,21,25)(H,22,26). The first-order valence-corrected chi connectivity index (χ1v) is 11.2. The Balaban J connectivity index is 1.62. The Morgan fingerprint density at radius 2 is 1.90 bits per heavy atom. The number of carbonyl (C=O) groups excluding carboxylic acids is 2. The van der Waals surface area contributed by atoms with Crippen LogP contribution in [0, 0.1) is 0 Å². The quantitative estimate of drug-likeness (QED) is 0.644. The molecule has 9 nitrogen and oxygen atoms in total. The molecule has 0 saturated carbocycles. The van der Waals surface area contributed by atoms with Crippen LogP contribution in [0.2, 0.25) is 0 Å². The number of nitrogens with one attached hydrogen (secondary N) is 2. The summed E-state index contributed by atoms with van der Waals surface area (Å²) >= 11 is 0. The van der Waals surface area contributed by atoms with Crippen molar-refractivity contribution in [3.05, 3.63) is 54.4 Å². The molecule has 3 aromatic rings. The van der Waals surface area contributed by atoms with Gasteiger partial charge in [0.05, 0.1) is 23.8 Å². The second-order valence-corrected chi connectivity index (χ2v) is 9.34. The molecule has 1 atom stereocenters. The molecular formula is C20H20N4O5S. The second-order valence-electron chi connectivity index (χ2n) is 7.11. The zero-order valence-electron chi connectivity index (χ0n) is 16.2. The number of benzene rings is 1. The Hall–Kier alpha value is -3.40. The van der Waals surface area contributed by atoms with Gasteiger partial charge < -0.3 is 15.1 Å². The van der Waals surface area contributed by atoms with Crippen LogP contribution in [0.4, 0.5) is 11.4 Å². The van der Waals surface area contributed by atoms with Gasteiger partial charge in [-0.1, -0.05) is 6.07 Å². The van der Waals surface area contributed by atoms with Gasteiger partial charge in [-0.2, -0.15) is 5.10 Å². The Morgan fingerprint density at radius 1 is 1.13 bits per heavy atom. The zero-order valence-corrected chi connectivity index (χ0v) is 17.0. The zero-order chi connectivity index (χ0) is 21.3. The SMILES string of the molecule is CC(=O)Nc1cccc(NC(=O)c2cc(-c3ccco3)n(C3CCS(=O)(=O)C3)n2)c1. The number of carbonyl (C=O) groups is 2. The molecule has 1 aromatic carbocycles. The highest BCUT2D eigenvalue weighted by molar-refractivity contribution is 7.91. The third kappa shape index (κ3) is 4.28. The molecule has 0 bridgehead atoms. The van der Waals surface area contributed by atoms with Crippen molar-refractivity contribution in [2.24, 2.45) is 0 Å². The fourth-order valence-corrected chi connectivity index (χ4v) is 5.13. The average molecular weight is 428 g/mol. The first kappa shape index (κ1) is 19.9. The molecule has 1 unspecified atom stereocenters. The van der Waals surface area contributed by atoms with E-state index in [1.54, 1.807) is 47.1 Å². The first-order chi connectivity index (χ1) is 14.3. The van der Waals surface area contributed by atoms with Gasteiger partial charge in [-0.3, -0.25) is 14.3 Å². The molecule has 0 aliphatic carbocycles. The smallest absolute Gasteiger partial charge is 0.276 e. The van der Waals surface area contributed by atoms with E-state index in [2.05, 4.69) is 15.7 Å². The van der Waals surface area contributed by atoms with E-state index in [0.29, 0.717) is 29.2 Å². The minimum Gasteiger partial charge on any atom is -0.463 e. The Kier molecular flexibility index (Phi) is 5.17. The summed E-state index contributed by atoms with van der Waals surface area (Å²) in [6, 6.07) is 11.4. The lowest BCUT2D eigenvalue weighted by atomic mass is 10.2. The van der Waals surface area contributed by atoms with Crippen LogP contribution in [0.3, 0.4) is 0 Å². The number of hydrogen-bond acceptors (Lipinski definition) is 6. The highest BCUT2D eigenvalue weighted by Gasteiger charge is 2.32. The van der Waals surface area contributed by atoms with Gasteiger partial charge in [-0.15, -0.1) is 0 Å². The lowest BCUT2D eigenvalue weighted by molar-refractivity contribution is -0.114. The van der Waals surface area contributed by atoms with Gasteiger partial charge in [-0.05, 0) is 36.8 Å². The fourth-order valence-electron chi connectivity index (χ4n) is 3.43. The molecule has 0 radical (unpaired) electrons. The summed E-state index contributed by atoms with van der Waals surface area (Å²) in [4.78, 5) is 24.0. The third-order valence-corrected chi connectivity index (χ3v) is 6.49. The summed E-state index contributed by atoms with van der Waals surface area (Å²) in [6.45, 7) is 1.40. The Labute approximate surface area is 173 Å². The predicted molar refractivity (Wildman–Crippen MR) is 111 cm³/mol. The topological polar surface area (TPSA) is 123 Å². The molecular weight excluding hydrogens is 408 g/mol. The third-order valence-electron chi connectivity index (χ3n) is 4.74. The number of aromatic nitrogens is 2. The van der Waals surface area contributed by atoms with E-state index < -0.39 is 15.7 Å². The number of amides is 2. The molecule has 10 heteroatoms. The molecule has 30 heavy (non-hydrogen) atoms. The summed E-state index contributed by atoms with van der Waals surface area (Å²) in [7, 11) is -3.13. The molecule has 1 aliphatic rings. The molecule has 4 rings (SSSR count). The molecule has 2 aromatic heterocycles. The number of rotatable bonds is 5. The van der Waals surface area contributed by atoms with Crippen LogP contribution in [0.1, 0.15) is 29.9 Å². The van der Waals surface area contributed by atoms with Gasteiger partial charge in [0.15, 0.2) is 21.3 Å². The number of hydrogen-bond donors (Lipinski definition) is 2. The fraction of sp³-hybridized carbons (Fsp3) is 0.250. The lowest BCUT2D eigenvalue weighted by Gasteiger charge is -2.11. The number of nitrogens with zero attached hydrogens (tertiary/aromatic N) is 2. The van der Waals surface area contributed by atoms with E-state index in [9.17, 15) is 18.0 Å². The highest BCUT2D eigenvalue weighted by atomic mass is 32.2. The summed E-state index contributed by atoms with van der Waals surface area (Å²) in [5.74, 6) is -0.109. The van der Waals surface area contributed by atoms with Gasteiger partial charge in [0.2, 0.25) is 5.91 Å². The van der Waals surface area contributed by atoms with Gasteiger partial charge in [-0.25, -0.2) is 8.42 Å². The van der Waals surface area contributed by atoms with Crippen molar-refractivity contribution in [2.45, 2.75) is 19.4 Å². The van der Waals surface area contributed by atoms with Crippen LogP contribution in [-0.4, -0.2) is 41.5 Å². The van der Waals surface area contributed by atoms with Crippen molar-refractivity contribution < 1.29 is 22.4 Å². The normalized spacial score (nSPS) is 17.6. The number of furan rings is 1. The number of sulfone groups is 1. The van der Waals surface area contributed by atoms with Crippen molar-refractivity contribution in [1.82, 2.24) is 9.78 Å². The van der Waals surface area contributed by atoms with Gasteiger partial charge >= 0.3 is 0 Å². The second kappa shape index (κ2) is 7.79. The van der Waals surface area contributed by atoms with Crippen LogP contribution in [-0.2, 0) is 14.6 Å². The van der Waals surface area contributed by atoms with Crippen LogP contribution in [0.25, 0.3) is 11.5 Å². The summed E-state index contributed by atoms with van der Waals surface area (Å²) in [5, 5.41) is 9.80. The first-order valence-electron chi connectivity index (χ1n) is 9.33. The van der Waals surface area contributed by atoms with Gasteiger partial charge in [0.25, 0.3) is 5.91 Å². The molecule has 1 saturated heterocycles. The molecule has 2 amide bonds. The van der Waals surface area contributed by atoms with Crippen molar-refractivity contribution in [1.29, 1.82) is 0 Å². The largest absolute Gasteiger partial charge is 0.463 e. The van der Waals surface area contributed by atoms with E-state index in [0.717, 1.165) is 0 Å². The van der Waals surface area contributed by atoms with Crippen LogP contribution < -0.4 is 10.6 Å². The minimum absolute atomic E-state index is 0.0256. The summed E-state index contributed by atoms with van der Waals surface area (Å²) in [5.41, 5.74) is 1.72. The average Bonchev–Trinajstić information content (AvgIpc) is 3.39. The van der Waals surface area contributed by atoms with Crippen molar-refractivity contribution in [2.75, 3.05) is 22.1 Å². The maximum atomic E-state index is 12.8. The van der Waals surface area contributed by atoms with Gasteiger partial charge in [0.1, 0.15) is 5.69 Å². The summed E-state index contributed by atoms with van der Waals surface area (Å²) in [6.07, 6.45) is 1.93. The van der Waals surface area contributed by atoms with Crippen LogP contribution >= 0.6 is 0 Å². The lowest BCUT2D eigenvalue weighted by Crippen LogP contribution is -2.16. The van der Waals surface area contributed by atoms with E-state index in [-0.39, 0.29) is 29.1 Å². The van der Waals surface area contributed by atoms with E-state index in [1.807, 2.05) is 0 Å². The van der Waals surface area contributed by atoms with E-state index in [4.69, 9.17) is 4.42 Å². The Bertz CT molecular complexity index is 1200. The maximum absolute atomic E-state index is 12.8. The highest BCUT2D eigenvalue weighted by Crippen LogP contribution is 2.30. The van der Waals surface area contributed by atoms with E-state index in [1.165, 1.54) is 13.2 Å². The maximum Gasteiger partial charge on any atom is 0.276 e. The summed E-state index contributed by atoms with van der Waals surface area (Å²) < 4.78 is 30.9. The predicted octanol–water partition coefficient (Wildman–Crippen LogP) is 2.71. The van der Waals surface area contributed by atoms with Crippen LogP contribution in [0.15, 0.2) is 53.1 Å². The molecule has 0 spiro atoms. The molecule has 3 heterocycles.